The Bertz CT molecular complexity index is 850. The number of hydrogen-bond donors (Lipinski definition) is 2. The highest BCUT2D eigenvalue weighted by molar-refractivity contribution is 7.99. The molecule has 3 amide bonds. The number of aromatic nitrogens is 2. The molecule has 0 saturated heterocycles. The Hall–Kier alpha value is -2.35. The zero-order valence-electron chi connectivity index (χ0n) is 15.2. The van der Waals surface area contributed by atoms with E-state index >= 15 is 0 Å². The summed E-state index contributed by atoms with van der Waals surface area (Å²) >= 11 is 1.15. The Kier molecular flexibility index (Phi) is 7.20. The Morgan fingerprint density at radius 1 is 1.27 bits per heavy atom. The van der Waals surface area contributed by atoms with Crippen molar-refractivity contribution in [3.8, 4) is 0 Å². The number of thioether (sulfide) groups is 1. The van der Waals surface area contributed by atoms with E-state index in [-0.39, 0.29) is 17.4 Å². The van der Waals surface area contributed by atoms with Gasteiger partial charge in [-0.3, -0.25) is 19.5 Å². The smallest absolute Gasteiger partial charge is 0.321 e. The largest absolute Gasteiger partial charge is 0.335 e. The van der Waals surface area contributed by atoms with Crippen LogP contribution in [0.5, 0.6) is 0 Å². The van der Waals surface area contributed by atoms with Gasteiger partial charge >= 0.3 is 6.03 Å². The minimum absolute atomic E-state index is 0.00240. The minimum Gasteiger partial charge on any atom is -0.335 e. The van der Waals surface area contributed by atoms with Crippen LogP contribution in [0.25, 0.3) is 10.9 Å². The number of carbonyl (C=O) groups is 2. The van der Waals surface area contributed by atoms with Crippen molar-refractivity contribution in [2.75, 3.05) is 5.75 Å². The third-order valence-electron chi connectivity index (χ3n) is 3.85. The van der Waals surface area contributed by atoms with Crippen LogP contribution < -0.4 is 16.2 Å². The molecule has 8 heteroatoms. The lowest BCUT2D eigenvalue weighted by atomic mass is 10.2. The van der Waals surface area contributed by atoms with Crippen molar-refractivity contribution in [3.05, 3.63) is 34.6 Å². The number of rotatable bonds is 7. The second-order valence-corrected chi connectivity index (χ2v) is 6.93. The summed E-state index contributed by atoms with van der Waals surface area (Å²) in [6, 6.07) is 6.63. The van der Waals surface area contributed by atoms with Gasteiger partial charge in [0.1, 0.15) is 0 Å². The van der Waals surface area contributed by atoms with Gasteiger partial charge in [0.05, 0.1) is 16.7 Å². The first-order valence-corrected chi connectivity index (χ1v) is 9.67. The van der Waals surface area contributed by atoms with Crippen molar-refractivity contribution in [1.29, 1.82) is 0 Å². The quantitative estimate of drug-likeness (QED) is 0.572. The molecule has 1 heterocycles. The highest BCUT2D eigenvalue weighted by Gasteiger charge is 2.14. The van der Waals surface area contributed by atoms with Crippen LogP contribution >= 0.6 is 11.8 Å². The molecule has 26 heavy (non-hydrogen) atoms. The molecule has 0 aliphatic carbocycles. The molecule has 0 unspecified atom stereocenters. The highest BCUT2D eigenvalue weighted by atomic mass is 32.2. The number of imide groups is 1. The van der Waals surface area contributed by atoms with Crippen LogP contribution in [0.15, 0.2) is 34.2 Å². The SMILES string of the molecule is CCCn1c(SCC(=O)NC(=O)N[C@H](C)CC)nc2ccccc2c1=O. The average molecular weight is 376 g/mol. The molecule has 0 aliphatic heterocycles. The van der Waals surface area contributed by atoms with Crippen molar-refractivity contribution < 1.29 is 9.59 Å². The van der Waals surface area contributed by atoms with Crippen LogP contribution in [-0.2, 0) is 11.3 Å². The minimum atomic E-state index is -0.512. The second kappa shape index (κ2) is 9.38. The third-order valence-corrected chi connectivity index (χ3v) is 4.83. The van der Waals surface area contributed by atoms with Gasteiger partial charge in [0, 0.05) is 12.6 Å². The molecule has 0 radical (unpaired) electrons. The lowest BCUT2D eigenvalue weighted by Crippen LogP contribution is -2.44. The van der Waals surface area contributed by atoms with Crippen LogP contribution in [0.2, 0.25) is 0 Å². The summed E-state index contributed by atoms with van der Waals surface area (Å²) in [6.45, 7) is 6.30. The number of nitrogens with one attached hydrogen (secondary N) is 2. The van der Waals surface area contributed by atoms with E-state index in [1.54, 1.807) is 22.8 Å². The molecule has 0 bridgehead atoms. The van der Waals surface area contributed by atoms with Gasteiger partial charge in [0.25, 0.3) is 5.56 Å². The topological polar surface area (TPSA) is 93.1 Å². The van der Waals surface area contributed by atoms with Crippen molar-refractivity contribution in [2.24, 2.45) is 0 Å². The van der Waals surface area contributed by atoms with Gasteiger partial charge < -0.3 is 5.32 Å². The fourth-order valence-corrected chi connectivity index (χ4v) is 3.16. The summed E-state index contributed by atoms with van der Waals surface area (Å²) in [7, 11) is 0. The Morgan fingerprint density at radius 2 is 2.00 bits per heavy atom. The van der Waals surface area contributed by atoms with Crippen LogP contribution in [0.1, 0.15) is 33.6 Å². The number of hydrogen-bond acceptors (Lipinski definition) is 5. The van der Waals surface area contributed by atoms with E-state index in [2.05, 4.69) is 15.6 Å². The molecule has 1 aromatic carbocycles. The first-order chi connectivity index (χ1) is 12.5. The fraction of sp³-hybridized carbons (Fsp3) is 0.444. The molecule has 0 aliphatic rings. The Labute approximate surface area is 156 Å². The summed E-state index contributed by atoms with van der Waals surface area (Å²) in [5.41, 5.74) is 0.483. The monoisotopic (exact) mass is 376 g/mol. The number of carbonyl (C=O) groups excluding carboxylic acids is 2. The summed E-state index contributed by atoms with van der Waals surface area (Å²) in [4.78, 5) is 40.9. The summed E-state index contributed by atoms with van der Waals surface area (Å²) in [5, 5.41) is 6.00. The average Bonchev–Trinajstić information content (AvgIpc) is 2.62. The van der Waals surface area contributed by atoms with Crippen molar-refractivity contribution >= 4 is 34.6 Å². The molecule has 2 N–H and O–H groups in total. The number of para-hydroxylation sites is 1. The molecule has 1 aromatic heterocycles. The second-order valence-electron chi connectivity index (χ2n) is 5.99. The Balaban J connectivity index is 2.12. The lowest BCUT2D eigenvalue weighted by Gasteiger charge is -2.13. The molecule has 2 aromatic rings. The number of nitrogens with zero attached hydrogens (tertiary/aromatic N) is 2. The zero-order valence-corrected chi connectivity index (χ0v) is 16.1. The third kappa shape index (κ3) is 5.08. The molecule has 2 rings (SSSR count). The molecule has 1 atom stereocenters. The summed E-state index contributed by atoms with van der Waals surface area (Å²) < 4.78 is 1.58. The first-order valence-electron chi connectivity index (χ1n) is 8.69. The van der Waals surface area contributed by atoms with Gasteiger partial charge in [-0.15, -0.1) is 0 Å². The summed E-state index contributed by atoms with van der Waals surface area (Å²) in [6.07, 6.45) is 1.55. The maximum Gasteiger partial charge on any atom is 0.321 e. The van der Waals surface area contributed by atoms with E-state index in [4.69, 9.17) is 0 Å². The molecular formula is C18H24N4O3S. The van der Waals surface area contributed by atoms with Gasteiger partial charge in [0.2, 0.25) is 5.91 Å². The van der Waals surface area contributed by atoms with E-state index in [1.165, 1.54) is 0 Å². The van der Waals surface area contributed by atoms with Gasteiger partial charge in [-0.25, -0.2) is 9.78 Å². The van der Waals surface area contributed by atoms with E-state index in [9.17, 15) is 14.4 Å². The standard InChI is InChI=1S/C18H24N4O3S/c1-4-10-22-16(24)13-8-6-7-9-14(13)20-18(22)26-11-15(23)21-17(25)19-12(3)5-2/h6-9,12H,4-5,10-11H2,1-3H3,(H2,19,21,23,25)/t12-/m1/s1. The normalized spacial score (nSPS) is 12.0. The highest BCUT2D eigenvalue weighted by Crippen LogP contribution is 2.17. The predicted octanol–water partition coefficient (Wildman–Crippen LogP) is 2.52. The summed E-state index contributed by atoms with van der Waals surface area (Å²) in [5.74, 6) is -0.427. The number of benzene rings is 1. The van der Waals surface area contributed by atoms with Crippen molar-refractivity contribution in [3.63, 3.8) is 0 Å². The van der Waals surface area contributed by atoms with Crippen molar-refractivity contribution in [2.45, 2.75) is 51.4 Å². The lowest BCUT2D eigenvalue weighted by molar-refractivity contribution is -0.117. The van der Waals surface area contributed by atoms with Gasteiger partial charge in [-0.1, -0.05) is 37.7 Å². The van der Waals surface area contributed by atoms with Gasteiger partial charge in [0.15, 0.2) is 5.16 Å². The molecule has 7 nitrogen and oxygen atoms in total. The van der Waals surface area contributed by atoms with Crippen LogP contribution in [0, 0.1) is 0 Å². The predicted molar refractivity (Wildman–Crippen MR) is 103 cm³/mol. The maximum absolute atomic E-state index is 12.7. The number of urea groups is 1. The van der Waals surface area contributed by atoms with E-state index < -0.39 is 11.9 Å². The van der Waals surface area contributed by atoms with Crippen molar-refractivity contribution in [1.82, 2.24) is 20.2 Å². The molecule has 0 saturated carbocycles. The number of fused-ring (bicyclic) bond motifs is 1. The number of amides is 3. The van der Waals surface area contributed by atoms with Crippen LogP contribution in [-0.4, -0.2) is 33.3 Å². The molecule has 0 fully saturated rings. The maximum atomic E-state index is 12.7. The zero-order chi connectivity index (χ0) is 19.1. The molecule has 0 spiro atoms. The van der Waals surface area contributed by atoms with Crippen LogP contribution in [0.4, 0.5) is 4.79 Å². The molecular weight excluding hydrogens is 352 g/mol. The fourth-order valence-electron chi connectivity index (χ4n) is 2.33. The Morgan fingerprint density at radius 3 is 2.69 bits per heavy atom. The van der Waals surface area contributed by atoms with Gasteiger partial charge in [-0.2, -0.15) is 0 Å². The first kappa shape index (κ1) is 20.0. The van der Waals surface area contributed by atoms with Gasteiger partial charge in [-0.05, 0) is 31.9 Å². The van der Waals surface area contributed by atoms with E-state index in [1.807, 2.05) is 26.8 Å². The van der Waals surface area contributed by atoms with E-state index in [0.29, 0.717) is 22.6 Å². The van der Waals surface area contributed by atoms with E-state index in [0.717, 1.165) is 24.6 Å². The van der Waals surface area contributed by atoms with Crippen LogP contribution in [0.3, 0.4) is 0 Å². The molecule has 140 valence electrons.